The molecule has 3 aromatic rings. The third-order valence-electron chi connectivity index (χ3n) is 3.81. The second-order valence-electron chi connectivity index (χ2n) is 5.75. The van der Waals surface area contributed by atoms with E-state index in [9.17, 15) is 0 Å². The molecule has 0 bridgehead atoms. The van der Waals surface area contributed by atoms with Gasteiger partial charge in [-0.3, -0.25) is 9.98 Å². The van der Waals surface area contributed by atoms with Gasteiger partial charge in [0.1, 0.15) is 0 Å². The molecule has 114 valence electrons. The Balaban J connectivity index is 1.97. The molecule has 0 aliphatic rings. The van der Waals surface area contributed by atoms with Gasteiger partial charge < -0.3 is 0 Å². The van der Waals surface area contributed by atoms with Gasteiger partial charge in [0.2, 0.25) is 0 Å². The molecule has 0 spiro atoms. The molecular formula is C21H20N2. The number of pyridine rings is 1. The third-order valence-corrected chi connectivity index (χ3v) is 3.81. The van der Waals surface area contributed by atoms with E-state index in [1.807, 2.05) is 54.9 Å². The van der Waals surface area contributed by atoms with Crippen molar-refractivity contribution in [1.82, 2.24) is 4.98 Å². The Labute approximate surface area is 137 Å². The van der Waals surface area contributed by atoms with Gasteiger partial charge in [0, 0.05) is 24.5 Å². The van der Waals surface area contributed by atoms with Crippen molar-refractivity contribution < 1.29 is 0 Å². The molecule has 0 aliphatic heterocycles. The first-order valence-electron chi connectivity index (χ1n) is 7.81. The molecule has 0 amide bonds. The molecule has 3 rings (SSSR count). The molecule has 2 nitrogen and oxygen atoms in total. The average molecular weight is 300 g/mol. The summed E-state index contributed by atoms with van der Waals surface area (Å²) in [7, 11) is 0. The quantitative estimate of drug-likeness (QED) is 0.620. The van der Waals surface area contributed by atoms with Crippen molar-refractivity contribution in [3.8, 4) is 0 Å². The van der Waals surface area contributed by atoms with Crippen LogP contribution < -0.4 is 0 Å². The second kappa shape index (κ2) is 7.01. The minimum absolute atomic E-state index is 0.819. The summed E-state index contributed by atoms with van der Waals surface area (Å²) in [5.41, 5.74) is 7.01. The van der Waals surface area contributed by atoms with Crippen molar-refractivity contribution in [3.05, 3.63) is 94.8 Å². The smallest absolute Gasteiger partial charge is 0.0629 e. The van der Waals surface area contributed by atoms with E-state index >= 15 is 0 Å². The maximum Gasteiger partial charge on any atom is 0.0629 e. The fourth-order valence-corrected chi connectivity index (χ4v) is 2.75. The van der Waals surface area contributed by atoms with Crippen molar-refractivity contribution in [2.24, 2.45) is 4.99 Å². The first-order chi connectivity index (χ1) is 11.2. The highest BCUT2D eigenvalue weighted by molar-refractivity contribution is 5.86. The lowest BCUT2D eigenvalue weighted by Gasteiger charge is -2.11. The van der Waals surface area contributed by atoms with Crippen molar-refractivity contribution in [3.63, 3.8) is 0 Å². The van der Waals surface area contributed by atoms with Crippen LogP contribution in [0.15, 0.2) is 71.9 Å². The molecular weight excluding hydrogens is 280 g/mol. The predicted molar refractivity (Wildman–Crippen MR) is 96.7 cm³/mol. The Kier molecular flexibility index (Phi) is 4.62. The van der Waals surface area contributed by atoms with Crippen LogP contribution in [0.25, 0.3) is 0 Å². The Morgan fingerprint density at radius 3 is 2.48 bits per heavy atom. The van der Waals surface area contributed by atoms with E-state index in [-0.39, 0.29) is 0 Å². The largest absolute Gasteiger partial charge is 0.261 e. The molecule has 23 heavy (non-hydrogen) atoms. The van der Waals surface area contributed by atoms with E-state index in [0.717, 1.165) is 17.8 Å². The summed E-state index contributed by atoms with van der Waals surface area (Å²) in [5, 5.41) is 0. The van der Waals surface area contributed by atoms with Crippen LogP contribution in [0, 0.1) is 13.8 Å². The first-order valence-corrected chi connectivity index (χ1v) is 7.81. The number of hydrogen-bond acceptors (Lipinski definition) is 2. The van der Waals surface area contributed by atoms with Crippen LogP contribution in [0.1, 0.15) is 27.9 Å². The van der Waals surface area contributed by atoms with Crippen LogP contribution in [0.3, 0.4) is 0 Å². The Morgan fingerprint density at radius 2 is 1.74 bits per heavy atom. The first kappa shape index (κ1) is 15.2. The fourth-order valence-electron chi connectivity index (χ4n) is 2.75. The maximum atomic E-state index is 4.62. The van der Waals surface area contributed by atoms with Gasteiger partial charge in [0.25, 0.3) is 0 Å². The monoisotopic (exact) mass is 300 g/mol. The van der Waals surface area contributed by atoms with E-state index in [2.05, 4.69) is 42.0 Å². The fraction of sp³-hybridized carbons (Fsp3) is 0.143. The van der Waals surface area contributed by atoms with Gasteiger partial charge in [-0.05, 0) is 54.8 Å². The van der Waals surface area contributed by atoms with Crippen LogP contribution in [0.2, 0.25) is 0 Å². The Hall–Kier alpha value is -2.74. The van der Waals surface area contributed by atoms with Gasteiger partial charge in [-0.15, -0.1) is 0 Å². The van der Waals surface area contributed by atoms with Gasteiger partial charge >= 0.3 is 0 Å². The number of aliphatic imine (C=N–C) groups is 1. The molecule has 0 saturated carbocycles. The van der Waals surface area contributed by atoms with E-state index in [1.54, 1.807) is 0 Å². The number of benzene rings is 2. The summed E-state index contributed by atoms with van der Waals surface area (Å²) in [6.45, 7) is 4.27. The number of rotatable bonds is 4. The minimum Gasteiger partial charge on any atom is -0.261 e. The number of aromatic nitrogens is 1. The topological polar surface area (TPSA) is 25.2 Å². The summed E-state index contributed by atoms with van der Waals surface area (Å²) in [5.74, 6) is 0. The molecule has 0 atom stereocenters. The van der Waals surface area contributed by atoms with E-state index in [0.29, 0.717) is 0 Å². The van der Waals surface area contributed by atoms with Crippen LogP contribution >= 0.6 is 0 Å². The molecule has 0 N–H and O–H groups in total. The van der Waals surface area contributed by atoms with E-state index in [1.165, 1.54) is 22.3 Å². The van der Waals surface area contributed by atoms with Crippen molar-refractivity contribution in [2.75, 3.05) is 0 Å². The highest BCUT2D eigenvalue weighted by Crippen LogP contribution is 2.20. The average Bonchev–Trinajstić information content (AvgIpc) is 2.56. The molecule has 0 aliphatic carbocycles. The molecule has 1 heterocycles. The van der Waals surface area contributed by atoms with E-state index < -0.39 is 0 Å². The van der Waals surface area contributed by atoms with Gasteiger partial charge in [-0.1, -0.05) is 42.0 Å². The van der Waals surface area contributed by atoms with Crippen molar-refractivity contribution in [1.29, 1.82) is 0 Å². The maximum absolute atomic E-state index is 4.62. The number of hydrogen-bond donors (Lipinski definition) is 0. The minimum atomic E-state index is 0.819. The summed E-state index contributed by atoms with van der Waals surface area (Å²) < 4.78 is 0. The van der Waals surface area contributed by atoms with Crippen molar-refractivity contribution in [2.45, 2.75) is 20.3 Å². The summed E-state index contributed by atoms with van der Waals surface area (Å²) in [6.07, 6.45) is 4.64. The lowest BCUT2D eigenvalue weighted by Crippen LogP contribution is -2.00. The molecule has 1 aromatic heterocycles. The third kappa shape index (κ3) is 3.92. The SMILES string of the molecule is Cc1cc(C)c(C=Nc2ccccc2)c(Cc2ccccn2)c1. The van der Waals surface area contributed by atoms with Crippen LogP contribution in [-0.2, 0) is 6.42 Å². The lowest BCUT2D eigenvalue weighted by molar-refractivity contribution is 1.06. The predicted octanol–water partition coefficient (Wildman–Crippen LogP) is 5.04. The Bertz CT molecular complexity index is 806. The number of nitrogens with zero attached hydrogens (tertiary/aromatic N) is 2. The zero-order chi connectivity index (χ0) is 16.1. The van der Waals surface area contributed by atoms with Crippen LogP contribution in [0.5, 0.6) is 0 Å². The zero-order valence-electron chi connectivity index (χ0n) is 13.5. The lowest BCUT2D eigenvalue weighted by atomic mass is 9.96. The molecule has 0 fully saturated rings. The van der Waals surface area contributed by atoms with Gasteiger partial charge in [0.15, 0.2) is 0 Å². The number of aryl methyl sites for hydroxylation is 2. The summed E-state index contributed by atoms with van der Waals surface area (Å²) >= 11 is 0. The normalized spacial score (nSPS) is 11.0. The van der Waals surface area contributed by atoms with Gasteiger partial charge in [0.05, 0.1) is 5.69 Å². The molecule has 2 heteroatoms. The molecule has 2 aromatic carbocycles. The van der Waals surface area contributed by atoms with Crippen LogP contribution in [0.4, 0.5) is 5.69 Å². The highest BCUT2D eigenvalue weighted by Gasteiger charge is 2.07. The molecule has 0 saturated heterocycles. The standard InChI is InChI=1S/C21H20N2/c1-16-12-17(2)21(15-23-19-8-4-3-5-9-19)18(13-16)14-20-10-6-7-11-22-20/h3-13,15H,14H2,1-2H3. The number of para-hydroxylation sites is 1. The molecule has 0 unspecified atom stereocenters. The Morgan fingerprint density at radius 1 is 0.957 bits per heavy atom. The van der Waals surface area contributed by atoms with Gasteiger partial charge in [-0.2, -0.15) is 0 Å². The second-order valence-corrected chi connectivity index (χ2v) is 5.75. The van der Waals surface area contributed by atoms with Crippen LogP contribution in [-0.4, -0.2) is 11.2 Å². The molecule has 0 radical (unpaired) electrons. The zero-order valence-corrected chi connectivity index (χ0v) is 13.5. The highest BCUT2D eigenvalue weighted by atomic mass is 14.7. The summed E-state index contributed by atoms with van der Waals surface area (Å²) in [4.78, 5) is 9.07. The van der Waals surface area contributed by atoms with Crippen molar-refractivity contribution >= 4 is 11.9 Å². The van der Waals surface area contributed by atoms with E-state index in [4.69, 9.17) is 0 Å². The summed E-state index contributed by atoms with van der Waals surface area (Å²) in [6, 6.07) is 20.5. The van der Waals surface area contributed by atoms with Gasteiger partial charge in [-0.25, -0.2) is 0 Å².